The van der Waals surface area contributed by atoms with E-state index in [-0.39, 0.29) is 34.7 Å². The first-order chi connectivity index (χ1) is 12.4. The molecule has 0 radical (unpaired) electrons. The van der Waals surface area contributed by atoms with Crippen LogP contribution >= 0.6 is 27.5 Å². The van der Waals surface area contributed by atoms with Crippen molar-refractivity contribution in [1.82, 2.24) is 24.5 Å². The average Bonchev–Trinajstić information content (AvgIpc) is 2.92. The fourth-order valence-electron chi connectivity index (χ4n) is 2.46. The van der Waals surface area contributed by atoms with E-state index in [2.05, 4.69) is 35.9 Å². The molecular formula is C14H14BrClN6O4. The van der Waals surface area contributed by atoms with E-state index in [1.807, 2.05) is 0 Å². The molecule has 0 atom stereocenters. The second-order valence-corrected chi connectivity index (χ2v) is 6.19. The molecular weight excluding hydrogens is 432 g/mol. The molecule has 0 fully saturated rings. The molecule has 0 aliphatic rings. The maximum absolute atomic E-state index is 12.4. The summed E-state index contributed by atoms with van der Waals surface area (Å²) in [6, 6.07) is 0. The van der Waals surface area contributed by atoms with Crippen molar-refractivity contribution in [3.8, 4) is 17.4 Å². The predicted molar refractivity (Wildman–Crippen MR) is 98.3 cm³/mol. The summed E-state index contributed by atoms with van der Waals surface area (Å²) in [7, 11) is 4.41. The summed E-state index contributed by atoms with van der Waals surface area (Å²) < 4.78 is 17.7. The number of H-pyrrole nitrogens is 1. The molecule has 0 bridgehead atoms. The molecule has 0 aliphatic heterocycles. The van der Waals surface area contributed by atoms with Crippen LogP contribution in [0.5, 0.6) is 17.4 Å². The predicted octanol–water partition coefficient (Wildman–Crippen LogP) is 1.59. The number of anilines is 1. The zero-order chi connectivity index (χ0) is 19.0. The van der Waals surface area contributed by atoms with Crippen molar-refractivity contribution in [2.24, 2.45) is 0 Å². The molecule has 26 heavy (non-hydrogen) atoms. The number of fused-ring (bicyclic) bond motifs is 1. The number of aromatic nitrogens is 5. The molecule has 0 saturated heterocycles. The van der Waals surface area contributed by atoms with Gasteiger partial charge in [-0.15, -0.1) is 0 Å². The quantitative estimate of drug-likeness (QED) is 0.566. The van der Waals surface area contributed by atoms with Crippen LogP contribution in [0.2, 0.25) is 5.15 Å². The lowest BCUT2D eigenvalue weighted by molar-refractivity contribution is 0.313. The Labute approximate surface area is 160 Å². The highest BCUT2D eigenvalue weighted by molar-refractivity contribution is 9.10. The number of imidazole rings is 1. The highest BCUT2D eigenvalue weighted by atomic mass is 79.9. The molecule has 3 heterocycles. The first-order valence-electron chi connectivity index (χ1n) is 7.17. The van der Waals surface area contributed by atoms with Crippen LogP contribution in [0.25, 0.3) is 11.2 Å². The van der Waals surface area contributed by atoms with Crippen molar-refractivity contribution < 1.29 is 14.2 Å². The number of halogens is 2. The topological polar surface area (TPSA) is 130 Å². The zero-order valence-corrected chi connectivity index (χ0v) is 16.3. The summed E-state index contributed by atoms with van der Waals surface area (Å²) >= 11 is 9.45. The standard InChI is InChI=1S/C14H14BrClN6O4/c1-24-8-6(15)5(18-12(26-3)9(8)25-2)4-22-11-7(19-14(22)23)10(16)20-13(17)21-11/h4H2,1-3H3,(H,19,23)(H2,17,20,21). The fourth-order valence-corrected chi connectivity index (χ4v) is 3.24. The van der Waals surface area contributed by atoms with Gasteiger partial charge in [-0.25, -0.2) is 9.78 Å². The Balaban J connectivity index is 2.20. The molecule has 3 aromatic heterocycles. The van der Waals surface area contributed by atoms with E-state index in [0.29, 0.717) is 21.7 Å². The monoisotopic (exact) mass is 444 g/mol. The zero-order valence-electron chi connectivity index (χ0n) is 14.0. The average molecular weight is 446 g/mol. The third-order valence-corrected chi connectivity index (χ3v) is 4.69. The van der Waals surface area contributed by atoms with Gasteiger partial charge in [0.15, 0.2) is 16.5 Å². The SMILES string of the molecule is COc1nc(Cn2c(=O)[nH]c3c(Cl)nc(N)nc32)c(Br)c(OC)c1OC. The van der Waals surface area contributed by atoms with Gasteiger partial charge in [0.25, 0.3) is 5.88 Å². The molecule has 10 nitrogen and oxygen atoms in total. The Hall–Kier alpha value is -2.53. The number of methoxy groups -OCH3 is 3. The maximum Gasteiger partial charge on any atom is 0.328 e. The summed E-state index contributed by atoms with van der Waals surface area (Å²) in [6.07, 6.45) is 0. The lowest BCUT2D eigenvalue weighted by Gasteiger charge is -2.15. The number of hydrogen-bond acceptors (Lipinski definition) is 8. The van der Waals surface area contributed by atoms with Gasteiger partial charge in [-0.1, -0.05) is 11.6 Å². The molecule has 0 amide bonds. The van der Waals surface area contributed by atoms with Gasteiger partial charge >= 0.3 is 5.69 Å². The van der Waals surface area contributed by atoms with Crippen LogP contribution in [0.1, 0.15) is 5.69 Å². The summed E-state index contributed by atoms with van der Waals surface area (Å²) in [5.74, 6) is 0.871. The Kier molecular flexibility index (Phi) is 4.92. The number of pyridine rings is 1. The molecule has 0 saturated carbocycles. The van der Waals surface area contributed by atoms with Gasteiger partial charge in [0.1, 0.15) is 5.52 Å². The van der Waals surface area contributed by atoms with Gasteiger partial charge in [0, 0.05) is 0 Å². The molecule has 3 aromatic rings. The lowest BCUT2D eigenvalue weighted by Crippen LogP contribution is -2.19. The molecule has 0 unspecified atom stereocenters. The van der Waals surface area contributed by atoms with E-state index >= 15 is 0 Å². The van der Waals surface area contributed by atoms with E-state index in [9.17, 15) is 4.79 Å². The number of rotatable bonds is 5. The first kappa shape index (κ1) is 18.3. The largest absolute Gasteiger partial charge is 0.492 e. The van der Waals surface area contributed by atoms with E-state index in [4.69, 9.17) is 31.5 Å². The minimum Gasteiger partial charge on any atom is -0.492 e. The number of ether oxygens (including phenoxy) is 3. The van der Waals surface area contributed by atoms with Crippen molar-refractivity contribution in [2.75, 3.05) is 27.1 Å². The number of nitrogen functional groups attached to an aromatic ring is 1. The molecule has 138 valence electrons. The summed E-state index contributed by atoms with van der Waals surface area (Å²) in [5, 5.41) is 0.0558. The minimum atomic E-state index is -0.441. The smallest absolute Gasteiger partial charge is 0.328 e. The van der Waals surface area contributed by atoms with E-state index in [1.165, 1.54) is 25.9 Å². The molecule has 0 aromatic carbocycles. The van der Waals surface area contributed by atoms with Gasteiger partial charge in [-0.2, -0.15) is 9.97 Å². The second-order valence-electron chi connectivity index (χ2n) is 5.04. The van der Waals surface area contributed by atoms with Crippen molar-refractivity contribution in [1.29, 1.82) is 0 Å². The molecule has 3 rings (SSSR count). The van der Waals surface area contributed by atoms with Crippen LogP contribution in [0.4, 0.5) is 5.95 Å². The van der Waals surface area contributed by atoms with Crippen molar-refractivity contribution in [2.45, 2.75) is 6.54 Å². The normalized spacial score (nSPS) is 11.0. The minimum absolute atomic E-state index is 0.0446. The molecule has 3 N–H and O–H groups in total. The van der Waals surface area contributed by atoms with Crippen LogP contribution in [0, 0.1) is 0 Å². The van der Waals surface area contributed by atoms with Gasteiger partial charge in [-0.3, -0.25) is 4.57 Å². The number of hydrogen-bond donors (Lipinski definition) is 2. The van der Waals surface area contributed by atoms with Gasteiger partial charge < -0.3 is 24.9 Å². The fraction of sp³-hybridized carbons (Fsp3) is 0.286. The van der Waals surface area contributed by atoms with E-state index in [1.54, 1.807) is 0 Å². The summed E-state index contributed by atoms with van der Waals surface area (Å²) in [5.41, 5.74) is 6.20. The molecule has 0 aliphatic carbocycles. The molecule has 0 spiro atoms. The van der Waals surface area contributed by atoms with Crippen LogP contribution in [-0.2, 0) is 6.54 Å². The van der Waals surface area contributed by atoms with Crippen molar-refractivity contribution >= 4 is 44.6 Å². The van der Waals surface area contributed by atoms with E-state index in [0.717, 1.165) is 0 Å². The second kappa shape index (κ2) is 7.00. The van der Waals surface area contributed by atoms with E-state index < -0.39 is 5.69 Å². The van der Waals surface area contributed by atoms with Crippen LogP contribution < -0.4 is 25.6 Å². The Morgan fingerprint density at radius 1 is 1.15 bits per heavy atom. The Morgan fingerprint density at radius 2 is 1.85 bits per heavy atom. The van der Waals surface area contributed by atoms with Gasteiger partial charge in [0.05, 0.1) is 38.0 Å². The lowest BCUT2D eigenvalue weighted by atomic mass is 10.3. The van der Waals surface area contributed by atoms with Gasteiger partial charge in [-0.05, 0) is 15.9 Å². The van der Waals surface area contributed by atoms with Crippen molar-refractivity contribution in [3.63, 3.8) is 0 Å². The van der Waals surface area contributed by atoms with Crippen molar-refractivity contribution in [3.05, 3.63) is 25.8 Å². The third-order valence-electron chi connectivity index (χ3n) is 3.59. The van der Waals surface area contributed by atoms with Crippen LogP contribution in [-0.4, -0.2) is 45.8 Å². The number of nitrogens with one attached hydrogen (secondary N) is 1. The maximum atomic E-state index is 12.4. The Morgan fingerprint density at radius 3 is 2.46 bits per heavy atom. The third kappa shape index (κ3) is 2.92. The Bertz CT molecular complexity index is 1050. The number of nitrogens with two attached hydrogens (primary N) is 1. The van der Waals surface area contributed by atoms with Crippen LogP contribution in [0.15, 0.2) is 9.27 Å². The van der Waals surface area contributed by atoms with Crippen LogP contribution in [0.3, 0.4) is 0 Å². The summed E-state index contributed by atoms with van der Waals surface area (Å²) in [6.45, 7) is 0.0446. The van der Waals surface area contributed by atoms with Gasteiger partial charge in [0.2, 0.25) is 11.7 Å². The highest BCUT2D eigenvalue weighted by Gasteiger charge is 2.22. The number of aromatic amines is 1. The highest BCUT2D eigenvalue weighted by Crippen LogP contribution is 2.42. The molecule has 12 heteroatoms. The summed E-state index contributed by atoms with van der Waals surface area (Å²) in [4.78, 5) is 27.3. The first-order valence-corrected chi connectivity index (χ1v) is 8.34. The number of nitrogens with zero attached hydrogens (tertiary/aromatic N) is 4.